The molecule has 0 bridgehead atoms. The fourth-order valence-electron chi connectivity index (χ4n) is 2.30. The zero-order chi connectivity index (χ0) is 13.2. The van der Waals surface area contributed by atoms with E-state index in [0.29, 0.717) is 5.56 Å². The standard InChI is InChI=1S/C13H13F3N2/c14-13(15,16)12-7-10(1-2-11(12)8-17)9-3-5-18-6-4-9/h1-2,7,9,18H,3-6H2. The molecule has 5 heteroatoms. The molecule has 96 valence electrons. The van der Waals surface area contributed by atoms with Gasteiger partial charge in [-0.05, 0) is 49.5 Å². The highest BCUT2D eigenvalue weighted by Gasteiger charge is 2.34. The van der Waals surface area contributed by atoms with Gasteiger partial charge in [0.25, 0.3) is 0 Å². The second kappa shape index (κ2) is 4.99. The summed E-state index contributed by atoms with van der Waals surface area (Å²) in [5.74, 6) is 0.153. The molecule has 0 aromatic heterocycles. The summed E-state index contributed by atoms with van der Waals surface area (Å²) >= 11 is 0. The van der Waals surface area contributed by atoms with Crippen LogP contribution in [-0.2, 0) is 6.18 Å². The molecule has 0 aliphatic carbocycles. The lowest BCUT2D eigenvalue weighted by Crippen LogP contribution is -2.26. The van der Waals surface area contributed by atoms with Crippen molar-refractivity contribution in [3.8, 4) is 6.07 Å². The maximum Gasteiger partial charge on any atom is 0.417 e. The first kappa shape index (κ1) is 12.9. The van der Waals surface area contributed by atoms with Gasteiger partial charge in [0.15, 0.2) is 0 Å². The molecule has 0 radical (unpaired) electrons. The van der Waals surface area contributed by atoms with Crippen molar-refractivity contribution in [2.45, 2.75) is 24.9 Å². The van der Waals surface area contributed by atoms with Crippen LogP contribution in [0.3, 0.4) is 0 Å². The van der Waals surface area contributed by atoms with Crippen molar-refractivity contribution >= 4 is 0 Å². The third-order valence-electron chi connectivity index (χ3n) is 3.28. The Labute approximate surface area is 103 Å². The Morgan fingerprint density at radius 1 is 1.22 bits per heavy atom. The Bertz CT molecular complexity index is 468. The van der Waals surface area contributed by atoms with E-state index < -0.39 is 11.7 Å². The number of nitrogens with zero attached hydrogens (tertiary/aromatic N) is 1. The Balaban J connectivity index is 2.37. The molecule has 1 N–H and O–H groups in total. The van der Waals surface area contributed by atoms with Crippen LogP contribution in [0.4, 0.5) is 13.2 Å². The van der Waals surface area contributed by atoms with E-state index >= 15 is 0 Å². The maximum atomic E-state index is 12.8. The molecule has 1 heterocycles. The summed E-state index contributed by atoms with van der Waals surface area (Å²) in [5.41, 5.74) is -0.441. The molecule has 1 fully saturated rings. The molecule has 1 aromatic carbocycles. The highest BCUT2D eigenvalue weighted by atomic mass is 19.4. The lowest BCUT2D eigenvalue weighted by atomic mass is 9.88. The lowest BCUT2D eigenvalue weighted by molar-refractivity contribution is -0.137. The Kier molecular flexibility index (Phi) is 3.58. The van der Waals surface area contributed by atoms with Gasteiger partial charge in [0, 0.05) is 0 Å². The minimum Gasteiger partial charge on any atom is -0.317 e. The number of benzene rings is 1. The van der Waals surface area contributed by atoms with Crippen LogP contribution in [0, 0.1) is 11.3 Å². The molecule has 0 saturated carbocycles. The van der Waals surface area contributed by atoms with E-state index in [0.717, 1.165) is 32.0 Å². The van der Waals surface area contributed by atoms with E-state index in [1.165, 1.54) is 6.07 Å². The molecule has 1 aromatic rings. The molecule has 1 saturated heterocycles. The molecule has 0 amide bonds. The number of alkyl halides is 3. The zero-order valence-corrected chi connectivity index (χ0v) is 9.72. The molecular weight excluding hydrogens is 241 g/mol. The number of nitrogens with one attached hydrogen (secondary N) is 1. The Hall–Kier alpha value is -1.54. The van der Waals surface area contributed by atoms with Gasteiger partial charge in [-0.15, -0.1) is 0 Å². The van der Waals surface area contributed by atoms with Gasteiger partial charge in [-0.2, -0.15) is 18.4 Å². The van der Waals surface area contributed by atoms with Crippen molar-refractivity contribution in [2.24, 2.45) is 0 Å². The van der Waals surface area contributed by atoms with Crippen LogP contribution in [0.15, 0.2) is 18.2 Å². The summed E-state index contributed by atoms with van der Waals surface area (Å²) in [6.45, 7) is 1.65. The van der Waals surface area contributed by atoms with Gasteiger partial charge >= 0.3 is 6.18 Å². The first-order valence-corrected chi connectivity index (χ1v) is 5.84. The van der Waals surface area contributed by atoms with Gasteiger partial charge in [-0.3, -0.25) is 0 Å². The average molecular weight is 254 g/mol. The van der Waals surface area contributed by atoms with Gasteiger partial charge in [0.1, 0.15) is 0 Å². The van der Waals surface area contributed by atoms with Gasteiger partial charge < -0.3 is 5.32 Å². The van der Waals surface area contributed by atoms with Crippen LogP contribution in [0.25, 0.3) is 0 Å². The summed E-state index contributed by atoms with van der Waals surface area (Å²) < 4.78 is 38.5. The number of hydrogen-bond acceptors (Lipinski definition) is 2. The van der Waals surface area contributed by atoms with Crippen molar-refractivity contribution in [3.63, 3.8) is 0 Å². The highest BCUT2D eigenvalue weighted by Crippen LogP contribution is 2.35. The van der Waals surface area contributed by atoms with Crippen LogP contribution < -0.4 is 5.32 Å². The van der Waals surface area contributed by atoms with Crippen molar-refractivity contribution in [1.82, 2.24) is 5.32 Å². The van der Waals surface area contributed by atoms with Gasteiger partial charge in [-0.25, -0.2) is 0 Å². The van der Waals surface area contributed by atoms with E-state index in [1.54, 1.807) is 12.1 Å². The molecule has 18 heavy (non-hydrogen) atoms. The number of halogens is 3. The minimum absolute atomic E-state index is 0.153. The second-order valence-electron chi connectivity index (χ2n) is 4.44. The smallest absolute Gasteiger partial charge is 0.317 e. The second-order valence-corrected chi connectivity index (χ2v) is 4.44. The molecular formula is C13H13F3N2. The number of piperidine rings is 1. The fraction of sp³-hybridized carbons (Fsp3) is 0.462. The Morgan fingerprint density at radius 3 is 2.44 bits per heavy atom. The Morgan fingerprint density at radius 2 is 1.89 bits per heavy atom. The summed E-state index contributed by atoms with van der Waals surface area (Å²) in [4.78, 5) is 0. The molecule has 2 nitrogen and oxygen atoms in total. The van der Waals surface area contributed by atoms with Crippen LogP contribution in [0.5, 0.6) is 0 Å². The number of rotatable bonds is 1. The first-order valence-electron chi connectivity index (χ1n) is 5.84. The number of hydrogen-bond donors (Lipinski definition) is 1. The average Bonchev–Trinajstić information content (AvgIpc) is 2.38. The maximum absolute atomic E-state index is 12.8. The van der Waals surface area contributed by atoms with E-state index in [1.807, 2.05) is 0 Å². The van der Waals surface area contributed by atoms with E-state index in [4.69, 9.17) is 5.26 Å². The zero-order valence-electron chi connectivity index (χ0n) is 9.72. The predicted octanol–water partition coefficient (Wildman–Crippen LogP) is 3.04. The summed E-state index contributed by atoms with van der Waals surface area (Å²) in [7, 11) is 0. The fourth-order valence-corrected chi connectivity index (χ4v) is 2.30. The third-order valence-corrected chi connectivity index (χ3v) is 3.28. The van der Waals surface area contributed by atoms with Gasteiger partial charge in [0.05, 0.1) is 17.2 Å². The highest BCUT2D eigenvalue weighted by molar-refractivity contribution is 5.43. The number of nitriles is 1. The lowest BCUT2D eigenvalue weighted by Gasteiger charge is -2.24. The predicted molar refractivity (Wildman–Crippen MR) is 61.0 cm³/mol. The van der Waals surface area contributed by atoms with Gasteiger partial charge in [-0.1, -0.05) is 6.07 Å². The monoisotopic (exact) mass is 254 g/mol. The molecule has 0 atom stereocenters. The topological polar surface area (TPSA) is 35.8 Å². The minimum atomic E-state index is -4.46. The molecule has 2 rings (SSSR count). The van der Waals surface area contributed by atoms with E-state index in [9.17, 15) is 13.2 Å². The normalized spacial score (nSPS) is 17.4. The summed E-state index contributed by atoms with van der Waals surface area (Å²) in [5, 5.41) is 11.9. The van der Waals surface area contributed by atoms with Crippen molar-refractivity contribution in [1.29, 1.82) is 5.26 Å². The largest absolute Gasteiger partial charge is 0.417 e. The van der Waals surface area contributed by atoms with Crippen molar-refractivity contribution in [2.75, 3.05) is 13.1 Å². The van der Waals surface area contributed by atoms with E-state index in [2.05, 4.69) is 5.32 Å². The third kappa shape index (κ3) is 2.65. The molecule has 0 spiro atoms. The first-order chi connectivity index (χ1) is 8.52. The summed E-state index contributed by atoms with van der Waals surface area (Å²) in [6.07, 6.45) is -2.79. The van der Waals surface area contributed by atoms with Crippen LogP contribution in [-0.4, -0.2) is 13.1 Å². The van der Waals surface area contributed by atoms with Crippen molar-refractivity contribution in [3.05, 3.63) is 34.9 Å². The SMILES string of the molecule is N#Cc1ccc(C2CCNCC2)cc1C(F)(F)F. The molecule has 0 unspecified atom stereocenters. The van der Waals surface area contributed by atoms with Crippen LogP contribution in [0.1, 0.15) is 35.4 Å². The van der Waals surface area contributed by atoms with Crippen molar-refractivity contribution < 1.29 is 13.2 Å². The van der Waals surface area contributed by atoms with Gasteiger partial charge in [0.2, 0.25) is 0 Å². The summed E-state index contributed by atoms with van der Waals surface area (Å²) in [6, 6.07) is 5.65. The van der Waals surface area contributed by atoms with E-state index in [-0.39, 0.29) is 11.5 Å². The van der Waals surface area contributed by atoms with Crippen LogP contribution >= 0.6 is 0 Å². The molecule has 1 aliphatic heterocycles. The quantitative estimate of drug-likeness (QED) is 0.836. The van der Waals surface area contributed by atoms with Crippen LogP contribution in [0.2, 0.25) is 0 Å². The molecule has 1 aliphatic rings.